The van der Waals surface area contributed by atoms with Crippen molar-refractivity contribution in [2.75, 3.05) is 12.9 Å². The first-order valence-electron chi connectivity index (χ1n) is 13.7. The van der Waals surface area contributed by atoms with Gasteiger partial charge in [0.15, 0.2) is 5.16 Å². The lowest BCUT2D eigenvalue weighted by Gasteiger charge is -2.22. The van der Waals surface area contributed by atoms with E-state index < -0.39 is 0 Å². The van der Waals surface area contributed by atoms with E-state index in [0.29, 0.717) is 22.5 Å². The van der Waals surface area contributed by atoms with Crippen LogP contribution in [0.2, 0.25) is 0 Å². The van der Waals surface area contributed by atoms with Crippen molar-refractivity contribution in [2.45, 2.75) is 31.5 Å². The summed E-state index contributed by atoms with van der Waals surface area (Å²) in [6.07, 6.45) is 0.591. The zero-order valence-electron chi connectivity index (χ0n) is 23.7. The molecule has 1 atom stereocenters. The Hall–Kier alpha value is -4.69. The molecule has 0 bridgehead atoms. The Kier molecular flexibility index (Phi) is 7.63. The van der Waals surface area contributed by atoms with Gasteiger partial charge in [-0.3, -0.25) is 14.2 Å². The number of fused-ring (bicyclic) bond motifs is 1. The van der Waals surface area contributed by atoms with Crippen molar-refractivity contribution < 1.29 is 9.53 Å². The molecule has 0 aliphatic carbocycles. The summed E-state index contributed by atoms with van der Waals surface area (Å²) in [7, 11) is 1.63. The highest BCUT2D eigenvalue weighted by molar-refractivity contribution is 7.99. The standard InChI is InChI=1S/C34H30N4O3S/c1-22-10-9-15-30(23(22)2)37-33(40)27-13-7-8-14-28(27)35-34(37)42-21-32(39)38-31(25-16-18-26(41-3)19-17-25)20-29(36-38)24-11-5-4-6-12-24/h4-19,31H,20-21H2,1-3H3/t31-/m0/s1. The van der Waals surface area contributed by atoms with E-state index in [-0.39, 0.29) is 23.3 Å². The van der Waals surface area contributed by atoms with Crippen LogP contribution in [0.1, 0.15) is 34.7 Å². The van der Waals surface area contributed by atoms with E-state index in [0.717, 1.165) is 39.4 Å². The van der Waals surface area contributed by atoms with E-state index in [9.17, 15) is 9.59 Å². The van der Waals surface area contributed by atoms with Gasteiger partial charge in [0.2, 0.25) is 0 Å². The number of aryl methyl sites for hydroxylation is 1. The second-order valence-electron chi connectivity index (χ2n) is 10.2. The normalized spacial score (nSPS) is 14.7. The quantitative estimate of drug-likeness (QED) is 0.164. The number of carbonyl (C=O) groups is 1. The van der Waals surface area contributed by atoms with Crippen molar-refractivity contribution in [1.29, 1.82) is 0 Å². The summed E-state index contributed by atoms with van der Waals surface area (Å²) in [5, 5.41) is 7.39. The van der Waals surface area contributed by atoms with Crippen LogP contribution >= 0.6 is 11.8 Å². The maximum absolute atomic E-state index is 13.9. The van der Waals surface area contributed by atoms with Crippen LogP contribution in [0.25, 0.3) is 16.6 Å². The Bertz CT molecular complexity index is 1870. The number of thioether (sulfide) groups is 1. The lowest BCUT2D eigenvalue weighted by atomic mass is 9.98. The molecule has 5 aromatic rings. The van der Waals surface area contributed by atoms with Gasteiger partial charge in [-0.1, -0.05) is 78.5 Å². The molecule has 6 rings (SSSR count). The van der Waals surface area contributed by atoms with Crippen molar-refractivity contribution in [3.63, 3.8) is 0 Å². The number of para-hydroxylation sites is 1. The summed E-state index contributed by atoms with van der Waals surface area (Å²) in [6, 6.07) is 30.6. The fourth-order valence-corrected chi connectivity index (χ4v) is 6.08. The van der Waals surface area contributed by atoms with Gasteiger partial charge in [-0.05, 0) is 66.4 Å². The first kappa shape index (κ1) is 27.5. The molecule has 0 N–H and O–H groups in total. The highest BCUT2D eigenvalue weighted by Gasteiger charge is 2.33. The maximum atomic E-state index is 13.9. The molecule has 7 nitrogen and oxygen atoms in total. The van der Waals surface area contributed by atoms with Crippen LogP contribution in [0.3, 0.4) is 0 Å². The van der Waals surface area contributed by atoms with Gasteiger partial charge in [0.05, 0.1) is 41.2 Å². The van der Waals surface area contributed by atoms with Crippen molar-refractivity contribution in [1.82, 2.24) is 14.6 Å². The highest BCUT2D eigenvalue weighted by atomic mass is 32.2. The number of nitrogens with zero attached hydrogens (tertiary/aromatic N) is 4. The minimum absolute atomic E-state index is 0.0634. The van der Waals surface area contributed by atoms with Crippen LogP contribution in [0, 0.1) is 13.8 Å². The van der Waals surface area contributed by atoms with Crippen LogP contribution in [0.5, 0.6) is 5.75 Å². The molecular weight excluding hydrogens is 544 g/mol. The Balaban J connectivity index is 1.36. The van der Waals surface area contributed by atoms with Gasteiger partial charge in [-0.25, -0.2) is 9.99 Å². The predicted octanol–water partition coefficient (Wildman–Crippen LogP) is 6.48. The van der Waals surface area contributed by atoms with Gasteiger partial charge in [-0.2, -0.15) is 5.10 Å². The molecule has 0 saturated carbocycles. The Morgan fingerprint density at radius 1 is 0.929 bits per heavy atom. The SMILES string of the molecule is COc1ccc([C@@H]2CC(c3ccccc3)=NN2C(=O)CSc2nc3ccccc3c(=O)n2-c2cccc(C)c2C)cc1. The van der Waals surface area contributed by atoms with Gasteiger partial charge in [0.25, 0.3) is 11.5 Å². The zero-order valence-corrected chi connectivity index (χ0v) is 24.5. The maximum Gasteiger partial charge on any atom is 0.266 e. The molecule has 0 spiro atoms. The summed E-state index contributed by atoms with van der Waals surface area (Å²) in [5.74, 6) is 0.649. The van der Waals surface area contributed by atoms with Crippen molar-refractivity contribution >= 4 is 34.3 Å². The molecule has 8 heteroatoms. The lowest BCUT2D eigenvalue weighted by molar-refractivity contribution is -0.130. The van der Waals surface area contributed by atoms with E-state index in [2.05, 4.69) is 0 Å². The summed E-state index contributed by atoms with van der Waals surface area (Å²) >= 11 is 1.25. The van der Waals surface area contributed by atoms with Gasteiger partial charge >= 0.3 is 0 Å². The topological polar surface area (TPSA) is 76.8 Å². The monoisotopic (exact) mass is 574 g/mol. The van der Waals surface area contributed by atoms with E-state index >= 15 is 0 Å². The molecule has 1 aromatic heterocycles. The molecular formula is C34H30N4O3S. The van der Waals surface area contributed by atoms with E-state index in [1.54, 1.807) is 22.8 Å². The van der Waals surface area contributed by atoms with Crippen molar-refractivity contribution in [2.24, 2.45) is 5.10 Å². The molecule has 210 valence electrons. The minimum Gasteiger partial charge on any atom is -0.497 e. The first-order valence-corrected chi connectivity index (χ1v) is 14.7. The molecule has 1 amide bonds. The molecule has 0 unspecified atom stereocenters. The molecule has 1 aliphatic heterocycles. The van der Waals surface area contributed by atoms with Crippen LogP contribution in [-0.4, -0.2) is 39.0 Å². The minimum atomic E-state index is -0.259. The van der Waals surface area contributed by atoms with Gasteiger partial charge in [0.1, 0.15) is 5.75 Å². The average Bonchev–Trinajstić information content (AvgIpc) is 3.48. The highest BCUT2D eigenvalue weighted by Crippen LogP contribution is 2.35. The number of carbonyl (C=O) groups excluding carboxylic acids is 1. The second kappa shape index (κ2) is 11.7. The number of hydrogen-bond acceptors (Lipinski definition) is 6. The number of methoxy groups -OCH3 is 1. The Morgan fingerprint density at radius 3 is 2.43 bits per heavy atom. The van der Waals surface area contributed by atoms with Crippen LogP contribution < -0.4 is 10.3 Å². The fraction of sp³-hybridized carbons (Fsp3) is 0.176. The number of ether oxygens (including phenoxy) is 1. The van der Waals surface area contributed by atoms with E-state index in [1.165, 1.54) is 11.8 Å². The molecule has 0 saturated heterocycles. The first-order chi connectivity index (χ1) is 20.4. The summed E-state index contributed by atoms with van der Waals surface area (Å²) in [6.45, 7) is 4.01. The van der Waals surface area contributed by atoms with E-state index in [4.69, 9.17) is 14.8 Å². The van der Waals surface area contributed by atoms with Gasteiger partial charge in [-0.15, -0.1) is 0 Å². The summed E-state index contributed by atoms with van der Waals surface area (Å²) in [4.78, 5) is 32.5. The third-order valence-corrected chi connectivity index (χ3v) is 8.58. The van der Waals surface area contributed by atoms with Crippen molar-refractivity contribution in [3.8, 4) is 11.4 Å². The number of hydrazone groups is 1. The third-order valence-electron chi connectivity index (χ3n) is 7.66. The largest absolute Gasteiger partial charge is 0.497 e. The fourth-order valence-electron chi connectivity index (χ4n) is 5.22. The summed E-state index contributed by atoms with van der Waals surface area (Å²) < 4.78 is 6.97. The molecule has 0 radical (unpaired) electrons. The molecule has 4 aromatic carbocycles. The molecule has 0 fully saturated rings. The Morgan fingerprint density at radius 2 is 1.67 bits per heavy atom. The van der Waals surface area contributed by atoms with Crippen LogP contribution in [0.15, 0.2) is 112 Å². The van der Waals surface area contributed by atoms with Crippen molar-refractivity contribution in [3.05, 3.63) is 130 Å². The average molecular weight is 575 g/mol. The number of benzene rings is 4. The predicted molar refractivity (Wildman–Crippen MR) is 168 cm³/mol. The van der Waals surface area contributed by atoms with Gasteiger partial charge in [0, 0.05) is 6.42 Å². The second-order valence-corrected chi connectivity index (χ2v) is 11.1. The van der Waals surface area contributed by atoms with E-state index in [1.807, 2.05) is 105 Å². The molecule has 42 heavy (non-hydrogen) atoms. The number of rotatable bonds is 7. The Labute approximate surface area is 248 Å². The number of hydrogen-bond donors (Lipinski definition) is 0. The number of aromatic nitrogens is 2. The summed E-state index contributed by atoms with van der Waals surface area (Å²) in [5.41, 5.74) is 6.06. The number of amides is 1. The third kappa shape index (κ3) is 5.21. The van der Waals surface area contributed by atoms with Crippen LogP contribution in [0.4, 0.5) is 0 Å². The van der Waals surface area contributed by atoms with Crippen LogP contribution in [-0.2, 0) is 4.79 Å². The smallest absolute Gasteiger partial charge is 0.266 e. The zero-order chi connectivity index (χ0) is 29.2. The molecule has 2 heterocycles. The molecule has 1 aliphatic rings. The van der Waals surface area contributed by atoms with Gasteiger partial charge < -0.3 is 4.74 Å². The lowest BCUT2D eigenvalue weighted by Crippen LogP contribution is -2.29.